The standard InChI is InChI=1S/C18H15ClF2N2O2/c1-3-25-18(24)16-9-11-15(7-6-14(21)17(11)23(16)2)22-10-4-5-13(20)12(19)8-10/h4-9,22H,3H2,1-2H3. The number of carbonyl (C=O) groups excluding carboxylic acids is 1. The largest absolute Gasteiger partial charge is 0.461 e. The second-order valence-electron chi connectivity index (χ2n) is 5.42. The Morgan fingerprint density at radius 2 is 1.92 bits per heavy atom. The number of aryl methyl sites for hydroxylation is 1. The fourth-order valence-electron chi connectivity index (χ4n) is 2.66. The van der Waals surface area contributed by atoms with Gasteiger partial charge in [-0.2, -0.15) is 0 Å². The molecule has 2 aromatic carbocycles. The molecule has 0 atom stereocenters. The van der Waals surface area contributed by atoms with Crippen LogP contribution in [0.5, 0.6) is 0 Å². The first-order valence-electron chi connectivity index (χ1n) is 7.59. The topological polar surface area (TPSA) is 43.3 Å². The van der Waals surface area contributed by atoms with Crippen molar-refractivity contribution in [1.29, 1.82) is 0 Å². The molecule has 4 nitrogen and oxygen atoms in total. The van der Waals surface area contributed by atoms with Gasteiger partial charge in [-0.15, -0.1) is 0 Å². The molecule has 0 amide bonds. The molecule has 3 rings (SSSR count). The van der Waals surface area contributed by atoms with Crippen molar-refractivity contribution in [3.8, 4) is 0 Å². The molecule has 130 valence electrons. The van der Waals surface area contributed by atoms with Crippen LogP contribution in [0.2, 0.25) is 5.02 Å². The summed E-state index contributed by atoms with van der Waals surface area (Å²) in [5.74, 6) is -1.52. The van der Waals surface area contributed by atoms with Crippen LogP contribution in [0.15, 0.2) is 36.4 Å². The number of hydrogen-bond acceptors (Lipinski definition) is 3. The Kier molecular flexibility index (Phi) is 4.63. The van der Waals surface area contributed by atoms with E-state index in [9.17, 15) is 13.6 Å². The highest BCUT2D eigenvalue weighted by molar-refractivity contribution is 6.31. The summed E-state index contributed by atoms with van der Waals surface area (Å²) in [6.07, 6.45) is 0. The molecule has 0 radical (unpaired) electrons. The Morgan fingerprint density at radius 1 is 1.20 bits per heavy atom. The number of carbonyl (C=O) groups is 1. The molecule has 0 saturated carbocycles. The molecule has 1 N–H and O–H groups in total. The SMILES string of the molecule is CCOC(=O)c1cc2c(Nc3ccc(F)c(Cl)c3)ccc(F)c2n1C. The summed E-state index contributed by atoms with van der Waals surface area (Å²) in [5, 5.41) is 3.55. The van der Waals surface area contributed by atoms with Crippen molar-refractivity contribution < 1.29 is 18.3 Å². The van der Waals surface area contributed by atoms with Gasteiger partial charge in [0.15, 0.2) is 0 Å². The molecule has 0 unspecified atom stereocenters. The fourth-order valence-corrected chi connectivity index (χ4v) is 2.84. The van der Waals surface area contributed by atoms with Gasteiger partial charge in [0.25, 0.3) is 0 Å². The Labute approximate surface area is 148 Å². The van der Waals surface area contributed by atoms with Gasteiger partial charge in [-0.3, -0.25) is 0 Å². The maximum Gasteiger partial charge on any atom is 0.354 e. The van der Waals surface area contributed by atoms with E-state index < -0.39 is 17.6 Å². The molecule has 0 fully saturated rings. The normalized spacial score (nSPS) is 10.9. The summed E-state index contributed by atoms with van der Waals surface area (Å²) >= 11 is 5.79. The van der Waals surface area contributed by atoms with Gasteiger partial charge in [0.05, 0.1) is 17.1 Å². The molecule has 7 heteroatoms. The third kappa shape index (κ3) is 3.17. The summed E-state index contributed by atoms with van der Waals surface area (Å²) in [4.78, 5) is 12.1. The van der Waals surface area contributed by atoms with E-state index in [0.717, 1.165) is 0 Å². The number of aromatic nitrogens is 1. The van der Waals surface area contributed by atoms with Gasteiger partial charge in [0, 0.05) is 23.8 Å². The first-order chi connectivity index (χ1) is 11.9. The number of hydrogen-bond donors (Lipinski definition) is 1. The van der Waals surface area contributed by atoms with Gasteiger partial charge in [-0.05, 0) is 43.3 Å². The van der Waals surface area contributed by atoms with E-state index in [1.54, 1.807) is 26.1 Å². The maximum absolute atomic E-state index is 14.3. The van der Waals surface area contributed by atoms with Crippen molar-refractivity contribution >= 4 is 39.8 Å². The van der Waals surface area contributed by atoms with Crippen LogP contribution < -0.4 is 5.32 Å². The first-order valence-corrected chi connectivity index (χ1v) is 7.97. The van der Waals surface area contributed by atoms with E-state index in [1.165, 1.54) is 28.8 Å². The number of halogens is 3. The van der Waals surface area contributed by atoms with E-state index in [2.05, 4.69) is 5.32 Å². The number of ether oxygens (including phenoxy) is 1. The molecule has 1 aromatic heterocycles. The fraction of sp³-hybridized carbons (Fsp3) is 0.167. The third-order valence-corrected chi connectivity index (χ3v) is 4.12. The van der Waals surface area contributed by atoms with Gasteiger partial charge in [-0.25, -0.2) is 13.6 Å². The summed E-state index contributed by atoms with van der Waals surface area (Å²) < 4.78 is 34.0. The van der Waals surface area contributed by atoms with Crippen molar-refractivity contribution in [2.45, 2.75) is 6.92 Å². The van der Waals surface area contributed by atoms with E-state index in [-0.39, 0.29) is 22.8 Å². The lowest BCUT2D eigenvalue weighted by Crippen LogP contribution is -2.09. The predicted octanol–water partition coefficient (Wildman–Crippen LogP) is 5.03. The summed E-state index contributed by atoms with van der Waals surface area (Å²) in [6.45, 7) is 1.93. The molecule has 0 aliphatic carbocycles. The second kappa shape index (κ2) is 6.72. The minimum absolute atomic E-state index is 0.0244. The zero-order valence-electron chi connectivity index (χ0n) is 13.6. The molecular weight excluding hydrogens is 350 g/mol. The van der Waals surface area contributed by atoms with Crippen molar-refractivity contribution in [1.82, 2.24) is 4.57 Å². The second-order valence-corrected chi connectivity index (χ2v) is 5.83. The monoisotopic (exact) mass is 364 g/mol. The lowest BCUT2D eigenvalue weighted by Gasteiger charge is -2.09. The molecule has 25 heavy (non-hydrogen) atoms. The van der Waals surface area contributed by atoms with E-state index in [0.29, 0.717) is 16.8 Å². The zero-order chi connectivity index (χ0) is 18.1. The number of benzene rings is 2. The molecule has 0 aliphatic heterocycles. The molecule has 0 bridgehead atoms. The van der Waals surface area contributed by atoms with Crippen molar-refractivity contribution in [2.75, 3.05) is 11.9 Å². The van der Waals surface area contributed by atoms with Crippen LogP contribution in [0.3, 0.4) is 0 Å². The minimum atomic E-state index is -0.531. The van der Waals surface area contributed by atoms with Crippen LogP contribution in [-0.2, 0) is 11.8 Å². The lowest BCUT2D eigenvalue weighted by atomic mass is 10.2. The Hall–Kier alpha value is -2.60. The number of esters is 1. The number of nitrogens with zero attached hydrogens (tertiary/aromatic N) is 1. The average molecular weight is 365 g/mol. The predicted molar refractivity (Wildman–Crippen MR) is 93.5 cm³/mol. The molecule has 0 aliphatic rings. The van der Waals surface area contributed by atoms with Crippen LogP contribution >= 0.6 is 11.6 Å². The molecule has 0 spiro atoms. The highest BCUT2D eigenvalue weighted by Crippen LogP contribution is 2.32. The van der Waals surface area contributed by atoms with Crippen LogP contribution in [0.1, 0.15) is 17.4 Å². The molecule has 0 saturated heterocycles. The van der Waals surface area contributed by atoms with Crippen LogP contribution in [0, 0.1) is 11.6 Å². The molecule has 1 heterocycles. The van der Waals surface area contributed by atoms with Crippen molar-refractivity contribution in [2.24, 2.45) is 7.05 Å². The lowest BCUT2D eigenvalue weighted by molar-refractivity contribution is 0.0516. The van der Waals surface area contributed by atoms with E-state index in [4.69, 9.17) is 16.3 Å². The summed E-state index contributed by atoms with van der Waals surface area (Å²) in [6, 6.07) is 8.59. The Bertz CT molecular complexity index is 969. The quantitative estimate of drug-likeness (QED) is 0.660. The number of fused-ring (bicyclic) bond motifs is 1. The number of nitrogens with one attached hydrogen (secondary N) is 1. The minimum Gasteiger partial charge on any atom is -0.461 e. The third-order valence-electron chi connectivity index (χ3n) is 3.83. The van der Waals surface area contributed by atoms with Gasteiger partial charge >= 0.3 is 5.97 Å². The zero-order valence-corrected chi connectivity index (χ0v) is 14.3. The highest BCUT2D eigenvalue weighted by atomic mass is 35.5. The Morgan fingerprint density at radius 3 is 2.60 bits per heavy atom. The number of rotatable bonds is 4. The van der Waals surface area contributed by atoms with Crippen LogP contribution in [0.4, 0.5) is 20.2 Å². The molecule has 3 aromatic rings. The van der Waals surface area contributed by atoms with Crippen LogP contribution in [-0.4, -0.2) is 17.1 Å². The maximum atomic E-state index is 14.3. The van der Waals surface area contributed by atoms with E-state index >= 15 is 0 Å². The summed E-state index contributed by atoms with van der Waals surface area (Å²) in [7, 11) is 1.59. The smallest absolute Gasteiger partial charge is 0.354 e. The molecular formula is C18H15ClF2N2O2. The van der Waals surface area contributed by atoms with Crippen LogP contribution in [0.25, 0.3) is 10.9 Å². The van der Waals surface area contributed by atoms with Crippen molar-refractivity contribution in [3.63, 3.8) is 0 Å². The van der Waals surface area contributed by atoms with Gasteiger partial charge in [-0.1, -0.05) is 11.6 Å². The summed E-state index contributed by atoms with van der Waals surface area (Å²) in [5.41, 5.74) is 1.61. The van der Waals surface area contributed by atoms with Gasteiger partial charge in [0.1, 0.15) is 17.3 Å². The van der Waals surface area contributed by atoms with E-state index in [1.807, 2.05) is 0 Å². The average Bonchev–Trinajstić information content (AvgIpc) is 2.92. The number of anilines is 2. The first kappa shape index (κ1) is 17.2. The van der Waals surface area contributed by atoms with Gasteiger partial charge in [0.2, 0.25) is 0 Å². The Balaban J connectivity index is 2.09. The van der Waals surface area contributed by atoms with Crippen molar-refractivity contribution in [3.05, 3.63) is 58.7 Å². The van der Waals surface area contributed by atoms with Gasteiger partial charge < -0.3 is 14.6 Å². The highest BCUT2D eigenvalue weighted by Gasteiger charge is 2.19.